The van der Waals surface area contributed by atoms with Gasteiger partial charge in [0.1, 0.15) is 0 Å². The number of pyridine rings is 1. The lowest BCUT2D eigenvalue weighted by molar-refractivity contribution is 0.601. The fraction of sp³-hybridized carbons (Fsp3) is 0.0625. The molecule has 112 valence electrons. The minimum Gasteiger partial charge on any atom is -0.278 e. The maximum absolute atomic E-state index is 12.4. The Morgan fingerprint density at radius 2 is 1.86 bits per heavy atom. The van der Waals surface area contributed by atoms with E-state index < -0.39 is 10.0 Å². The van der Waals surface area contributed by atoms with Crippen molar-refractivity contribution in [3.05, 3.63) is 64.8 Å². The molecule has 3 aromatic rings. The Bertz CT molecular complexity index is 955. The van der Waals surface area contributed by atoms with Crippen molar-refractivity contribution in [1.82, 2.24) is 4.98 Å². The van der Waals surface area contributed by atoms with E-state index in [-0.39, 0.29) is 4.90 Å². The first kappa shape index (κ1) is 15.0. The molecule has 0 spiro atoms. The molecule has 0 saturated carbocycles. The second-order valence-corrected chi connectivity index (χ2v) is 7.47. The predicted octanol–water partition coefficient (Wildman–Crippen LogP) is 4.11. The van der Waals surface area contributed by atoms with E-state index in [1.807, 2.05) is 31.2 Å². The van der Waals surface area contributed by atoms with Crippen LogP contribution in [0.15, 0.2) is 64.1 Å². The van der Waals surface area contributed by atoms with Gasteiger partial charge in [-0.1, -0.05) is 34.1 Å². The molecular weight excluding hydrogens is 364 g/mol. The number of para-hydroxylation sites is 1. The summed E-state index contributed by atoms with van der Waals surface area (Å²) in [5.74, 6) is 0. The quantitative estimate of drug-likeness (QED) is 0.748. The first-order chi connectivity index (χ1) is 10.5. The molecule has 0 fully saturated rings. The van der Waals surface area contributed by atoms with Gasteiger partial charge >= 0.3 is 0 Å². The zero-order valence-corrected chi connectivity index (χ0v) is 14.1. The Morgan fingerprint density at radius 3 is 2.64 bits per heavy atom. The molecule has 0 aliphatic carbocycles. The smallest absolute Gasteiger partial charge is 0.261 e. The molecular formula is C16H13BrN2O2S. The summed E-state index contributed by atoms with van der Waals surface area (Å²) in [5.41, 5.74) is 2.13. The molecule has 1 heterocycles. The van der Waals surface area contributed by atoms with E-state index >= 15 is 0 Å². The number of fused-ring (bicyclic) bond motifs is 1. The van der Waals surface area contributed by atoms with Crippen molar-refractivity contribution in [2.45, 2.75) is 11.8 Å². The van der Waals surface area contributed by atoms with Gasteiger partial charge in [0.2, 0.25) is 0 Å². The Hall–Kier alpha value is -1.92. The summed E-state index contributed by atoms with van der Waals surface area (Å²) in [6.45, 7) is 1.85. The molecule has 3 rings (SSSR count). The number of benzene rings is 2. The molecule has 0 aliphatic heterocycles. The molecule has 4 nitrogen and oxygen atoms in total. The summed E-state index contributed by atoms with van der Waals surface area (Å²) in [6, 6.07) is 14.2. The second kappa shape index (κ2) is 5.70. The SMILES string of the molecule is Cc1cc(S(=O)(=O)Nc2cnc3ccccc3c2)ccc1Br. The van der Waals surface area contributed by atoms with Gasteiger partial charge in [0.15, 0.2) is 0 Å². The number of nitrogens with zero attached hydrogens (tertiary/aromatic N) is 1. The number of aromatic nitrogens is 1. The number of hydrogen-bond donors (Lipinski definition) is 1. The van der Waals surface area contributed by atoms with Gasteiger partial charge in [0.05, 0.1) is 22.3 Å². The van der Waals surface area contributed by atoms with Crippen LogP contribution >= 0.6 is 15.9 Å². The Kier molecular flexibility index (Phi) is 3.88. The van der Waals surface area contributed by atoms with Gasteiger partial charge in [-0.2, -0.15) is 0 Å². The molecule has 0 aliphatic rings. The lowest BCUT2D eigenvalue weighted by Gasteiger charge is -2.09. The predicted molar refractivity (Wildman–Crippen MR) is 91.4 cm³/mol. The van der Waals surface area contributed by atoms with E-state index in [1.165, 1.54) is 6.20 Å². The molecule has 0 unspecified atom stereocenters. The summed E-state index contributed by atoms with van der Waals surface area (Å²) in [6.07, 6.45) is 1.52. The van der Waals surface area contributed by atoms with Crippen LogP contribution in [0, 0.1) is 6.92 Å². The number of sulfonamides is 1. The maximum Gasteiger partial charge on any atom is 0.261 e. The van der Waals surface area contributed by atoms with E-state index in [2.05, 4.69) is 25.6 Å². The highest BCUT2D eigenvalue weighted by atomic mass is 79.9. The van der Waals surface area contributed by atoms with Gasteiger partial charge in [0, 0.05) is 9.86 Å². The van der Waals surface area contributed by atoms with Crippen molar-refractivity contribution in [2.24, 2.45) is 0 Å². The van der Waals surface area contributed by atoms with Crippen molar-refractivity contribution in [3.8, 4) is 0 Å². The van der Waals surface area contributed by atoms with E-state index in [1.54, 1.807) is 24.3 Å². The van der Waals surface area contributed by atoms with Crippen molar-refractivity contribution < 1.29 is 8.42 Å². The summed E-state index contributed by atoms with van der Waals surface area (Å²) >= 11 is 3.36. The highest BCUT2D eigenvalue weighted by Gasteiger charge is 2.15. The molecule has 22 heavy (non-hydrogen) atoms. The summed E-state index contributed by atoms with van der Waals surface area (Å²) in [7, 11) is -3.63. The molecule has 1 N–H and O–H groups in total. The number of nitrogens with one attached hydrogen (secondary N) is 1. The third kappa shape index (κ3) is 2.98. The number of hydrogen-bond acceptors (Lipinski definition) is 3. The van der Waals surface area contributed by atoms with E-state index in [0.717, 1.165) is 20.9 Å². The number of rotatable bonds is 3. The van der Waals surface area contributed by atoms with Gasteiger partial charge < -0.3 is 0 Å². The molecule has 0 atom stereocenters. The zero-order valence-electron chi connectivity index (χ0n) is 11.7. The first-order valence-corrected chi connectivity index (χ1v) is 8.87. The number of aryl methyl sites for hydroxylation is 1. The largest absolute Gasteiger partial charge is 0.278 e. The monoisotopic (exact) mass is 376 g/mol. The van der Waals surface area contributed by atoms with Gasteiger partial charge in [-0.15, -0.1) is 0 Å². The molecule has 1 aromatic heterocycles. The van der Waals surface area contributed by atoms with Gasteiger partial charge in [-0.05, 0) is 42.8 Å². The molecule has 0 amide bonds. The number of anilines is 1. The Labute approximate surface area is 137 Å². The minimum absolute atomic E-state index is 0.223. The van der Waals surface area contributed by atoms with Crippen LogP contribution in [0.3, 0.4) is 0 Å². The highest BCUT2D eigenvalue weighted by Crippen LogP contribution is 2.23. The minimum atomic E-state index is -3.63. The van der Waals surface area contributed by atoms with Crippen molar-refractivity contribution in [3.63, 3.8) is 0 Å². The molecule has 2 aromatic carbocycles. The van der Waals surface area contributed by atoms with Crippen LogP contribution in [-0.2, 0) is 10.0 Å². The average molecular weight is 377 g/mol. The van der Waals surface area contributed by atoms with Gasteiger partial charge in [-0.25, -0.2) is 8.42 Å². The maximum atomic E-state index is 12.4. The Morgan fingerprint density at radius 1 is 1.09 bits per heavy atom. The number of halogens is 1. The third-order valence-corrected chi connectivity index (χ3v) is 5.55. The molecule has 0 bridgehead atoms. The van der Waals surface area contributed by atoms with E-state index in [9.17, 15) is 8.42 Å². The van der Waals surface area contributed by atoms with E-state index in [0.29, 0.717) is 5.69 Å². The van der Waals surface area contributed by atoms with Crippen LogP contribution in [0.2, 0.25) is 0 Å². The highest BCUT2D eigenvalue weighted by molar-refractivity contribution is 9.10. The fourth-order valence-electron chi connectivity index (χ4n) is 2.13. The van der Waals surface area contributed by atoms with Crippen molar-refractivity contribution in [2.75, 3.05) is 4.72 Å². The van der Waals surface area contributed by atoms with Crippen LogP contribution in [0.25, 0.3) is 10.9 Å². The van der Waals surface area contributed by atoms with Gasteiger partial charge in [-0.3, -0.25) is 9.71 Å². The standard InChI is InChI=1S/C16H13BrN2O2S/c1-11-8-14(6-7-15(11)17)22(20,21)19-13-9-12-4-2-3-5-16(12)18-10-13/h2-10,19H,1H3. The van der Waals surface area contributed by atoms with E-state index in [4.69, 9.17) is 0 Å². The van der Waals surface area contributed by atoms with Gasteiger partial charge in [0.25, 0.3) is 10.0 Å². The van der Waals surface area contributed by atoms with Crippen molar-refractivity contribution in [1.29, 1.82) is 0 Å². The fourth-order valence-corrected chi connectivity index (χ4v) is 3.49. The third-order valence-electron chi connectivity index (χ3n) is 3.28. The van der Waals surface area contributed by atoms with Crippen LogP contribution in [0.1, 0.15) is 5.56 Å². The summed E-state index contributed by atoms with van der Waals surface area (Å²) in [5, 5.41) is 0.884. The van der Waals surface area contributed by atoms with Crippen LogP contribution in [0.4, 0.5) is 5.69 Å². The lowest BCUT2D eigenvalue weighted by atomic mass is 10.2. The lowest BCUT2D eigenvalue weighted by Crippen LogP contribution is -2.13. The molecule has 0 saturated heterocycles. The summed E-state index contributed by atoms with van der Waals surface area (Å²) < 4.78 is 28.3. The van der Waals surface area contributed by atoms with Crippen LogP contribution in [-0.4, -0.2) is 13.4 Å². The summed E-state index contributed by atoms with van der Waals surface area (Å²) in [4.78, 5) is 4.48. The average Bonchev–Trinajstić information content (AvgIpc) is 2.49. The zero-order chi connectivity index (χ0) is 15.7. The first-order valence-electron chi connectivity index (χ1n) is 6.59. The van der Waals surface area contributed by atoms with Crippen molar-refractivity contribution >= 4 is 42.5 Å². The van der Waals surface area contributed by atoms with Crippen LogP contribution < -0.4 is 4.72 Å². The molecule has 0 radical (unpaired) electrons. The second-order valence-electron chi connectivity index (χ2n) is 4.93. The normalized spacial score (nSPS) is 11.5. The Balaban J connectivity index is 1.97. The molecule has 6 heteroatoms. The van der Waals surface area contributed by atoms with Crippen LogP contribution in [0.5, 0.6) is 0 Å². The topological polar surface area (TPSA) is 59.1 Å².